The van der Waals surface area contributed by atoms with Crippen LogP contribution in [0.2, 0.25) is 10.0 Å². The van der Waals surface area contributed by atoms with E-state index in [4.69, 9.17) is 23.2 Å². The zero-order valence-electron chi connectivity index (χ0n) is 16.7. The number of hydrogen-bond acceptors (Lipinski definition) is 4. The van der Waals surface area contributed by atoms with Crippen LogP contribution in [0.15, 0.2) is 36.4 Å². The average Bonchev–Trinajstić information content (AvgIpc) is 3.41. The Morgan fingerprint density at radius 1 is 1.06 bits per heavy atom. The van der Waals surface area contributed by atoms with Crippen LogP contribution in [0.4, 0.5) is 11.4 Å². The molecule has 1 N–H and O–H groups in total. The minimum Gasteiger partial charge on any atom is -0.324 e. The third-order valence-electron chi connectivity index (χ3n) is 7.33. The summed E-state index contributed by atoms with van der Waals surface area (Å²) < 4.78 is 0. The summed E-state index contributed by atoms with van der Waals surface area (Å²) in [6, 6.07) is 10.1. The quantitative estimate of drug-likeness (QED) is 0.665. The zero-order chi connectivity index (χ0) is 21.7. The first kappa shape index (κ1) is 19.3. The van der Waals surface area contributed by atoms with Gasteiger partial charge in [0.05, 0.1) is 17.5 Å². The van der Waals surface area contributed by atoms with Crippen LogP contribution in [-0.2, 0) is 19.9 Å². The van der Waals surface area contributed by atoms with E-state index in [2.05, 4.69) is 10.2 Å². The third kappa shape index (κ3) is 2.25. The number of benzene rings is 2. The molecule has 0 aromatic heterocycles. The van der Waals surface area contributed by atoms with Gasteiger partial charge in [0.25, 0.3) is 0 Å². The van der Waals surface area contributed by atoms with Gasteiger partial charge in [0.2, 0.25) is 17.7 Å². The maximum atomic E-state index is 13.8. The minimum atomic E-state index is -1.23. The minimum absolute atomic E-state index is 0.165. The van der Waals surface area contributed by atoms with Crippen LogP contribution in [0.5, 0.6) is 0 Å². The molecule has 4 aliphatic heterocycles. The highest BCUT2D eigenvalue weighted by molar-refractivity contribution is 6.32. The van der Waals surface area contributed by atoms with E-state index in [-0.39, 0.29) is 23.8 Å². The summed E-state index contributed by atoms with van der Waals surface area (Å²) in [4.78, 5) is 44.4. The number of carbonyl (C=O) groups excluding carboxylic acids is 3. The van der Waals surface area contributed by atoms with Gasteiger partial charge in [-0.1, -0.05) is 29.3 Å². The molecule has 2 aromatic carbocycles. The largest absolute Gasteiger partial charge is 0.324 e. The van der Waals surface area contributed by atoms with E-state index in [9.17, 15) is 14.4 Å². The van der Waals surface area contributed by atoms with Gasteiger partial charge in [0, 0.05) is 27.3 Å². The maximum Gasteiger partial charge on any atom is 0.250 e. The van der Waals surface area contributed by atoms with Crippen molar-refractivity contribution in [2.75, 3.05) is 16.8 Å². The van der Waals surface area contributed by atoms with Crippen molar-refractivity contribution in [1.29, 1.82) is 0 Å². The Bertz CT molecular complexity index is 1200. The van der Waals surface area contributed by atoms with E-state index in [0.29, 0.717) is 33.5 Å². The highest BCUT2D eigenvalue weighted by Gasteiger charge is 2.74. The van der Waals surface area contributed by atoms with E-state index in [1.54, 1.807) is 36.4 Å². The summed E-state index contributed by atoms with van der Waals surface area (Å²) in [6.07, 6.45) is 1.64. The number of amides is 3. The first-order valence-electron chi connectivity index (χ1n) is 10.4. The standard InChI is InChI=1S/C23H19Cl2N3O3/c1-11-8-13(25)10-15-19(11)26-22(31)23(15)18-17(16-6-3-7-27(16)23)20(29)28(21(18)30)14-5-2-4-12(24)9-14/h2,4-5,8-10,16-18H,3,6-7H2,1H3,(H,26,31)/t16-,17-,18-,23-/m0/s1. The number of nitrogens with one attached hydrogen (secondary N) is 1. The molecule has 0 aliphatic carbocycles. The lowest BCUT2D eigenvalue weighted by molar-refractivity contribution is -0.135. The lowest BCUT2D eigenvalue weighted by Crippen LogP contribution is -2.54. The van der Waals surface area contributed by atoms with Gasteiger partial charge in [-0.15, -0.1) is 0 Å². The number of halogens is 2. The zero-order valence-corrected chi connectivity index (χ0v) is 18.2. The van der Waals surface area contributed by atoms with Crippen LogP contribution < -0.4 is 10.2 Å². The van der Waals surface area contributed by atoms with Crippen LogP contribution in [0, 0.1) is 18.8 Å². The predicted molar refractivity (Wildman–Crippen MR) is 117 cm³/mol. The molecule has 8 heteroatoms. The highest BCUT2D eigenvalue weighted by Crippen LogP contribution is 2.61. The van der Waals surface area contributed by atoms with Crippen LogP contribution >= 0.6 is 23.2 Å². The van der Waals surface area contributed by atoms with Gasteiger partial charge in [0.15, 0.2) is 0 Å². The fraction of sp³-hybridized carbons (Fsp3) is 0.348. The van der Waals surface area contributed by atoms with E-state index in [1.165, 1.54) is 4.90 Å². The molecule has 158 valence electrons. The van der Waals surface area contributed by atoms with E-state index in [0.717, 1.165) is 18.4 Å². The van der Waals surface area contributed by atoms with Crippen molar-refractivity contribution in [3.63, 3.8) is 0 Å². The number of imide groups is 1. The summed E-state index contributed by atoms with van der Waals surface area (Å²) in [6.45, 7) is 2.55. The van der Waals surface area contributed by atoms with Crippen molar-refractivity contribution in [2.24, 2.45) is 11.8 Å². The molecule has 1 spiro atoms. The molecule has 0 saturated carbocycles. The van der Waals surface area contributed by atoms with E-state index >= 15 is 0 Å². The Balaban J connectivity index is 1.58. The molecular weight excluding hydrogens is 437 g/mol. The number of rotatable bonds is 1. The number of carbonyl (C=O) groups is 3. The fourth-order valence-electron chi connectivity index (χ4n) is 6.31. The molecule has 3 amide bonds. The summed E-state index contributed by atoms with van der Waals surface area (Å²) in [5, 5.41) is 3.96. The molecular formula is C23H19Cl2N3O3. The fourth-order valence-corrected chi connectivity index (χ4v) is 6.76. The van der Waals surface area contributed by atoms with Crippen molar-refractivity contribution in [3.8, 4) is 0 Å². The summed E-state index contributed by atoms with van der Waals surface area (Å²) in [7, 11) is 0. The Kier molecular flexibility index (Phi) is 3.93. The summed E-state index contributed by atoms with van der Waals surface area (Å²) in [5.41, 5.74) is 1.46. The van der Waals surface area contributed by atoms with Gasteiger partial charge in [0.1, 0.15) is 5.54 Å². The van der Waals surface area contributed by atoms with Crippen molar-refractivity contribution in [3.05, 3.63) is 57.6 Å². The Morgan fingerprint density at radius 3 is 2.65 bits per heavy atom. The lowest BCUT2D eigenvalue weighted by Gasteiger charge is -2.36. The number of fused-ring (bicyclic) bond motifs is 7. The molecule has 6 nitrogen and oxygen atoms in total. The normalized spacial score (nSPS) is 31.4. The van der Waals surface area contributed by atoms with Gasteiger partial charge in [-0.2, -0.15) is 0 Å². The molecule has 0 bridgehead atoms. The molecule has 31 heavy (non-hydrogen) atoms. The Morgan fingerprint density at radius 2 is 1.87 bits per heavy atom. The van der Waals surface area contributed by atoms with Crippen LogP contribution in [0.25, 0.3) is 0 Å². The van der Waals surface area contributed by atoms with E-state index in [1.807, 2.05) is 6.92 Å². The van der Waals surface area contributed by atoms with Crippen molar-refractivity contribution >= 4 is 52.3 Å². The summed E-state index contributed by atoms with van der Waals surface area (Å²) >= 11 is 12.5. The van der Waals surface area contributed by atoms with Crippen LogP contribution in [0.1, 0.15) is 24.0 Å². The smallest absolute Gasteiger partial charge is 0.250 e. The van der Waals surface area contributed by atoms with E-state index < -0.39 is 17.4 Å². The molecule has 2 aromatic rings. The number of aryl methyl sites for hydroxylation is 1. The van der Waals surface area contributed by atoms with Gasteiger partial charge in [-0.3, -0.25) is 19.3 Å². The van der Waals surface area contributed by atoms with Crippen LogP contribution in [-0.4, -0.2) is 35.2 Å². The Hall–Kier alpha value is -2.41. The molecule has 4 atom stereocenters. The molecule has 3 fully saturated rings. The number of nitrogens with zero attached hydrogens (tertiary/aromatic N) is 2. The molecule has 4 heterocycles. The van der Waals surface area contributed by atoms with Gasteiger partial charge in [-0.05, 0) is 62.2 Å². The second-order valence-electron chi connectivity index (χ2n) is 8.76. The predicted octanol–water partition coefficient (Wildman–Crippen LogP) is 3.73. The molecule has 3 saturated heterocycles. The molecule has 0 unspecified atom stereocenters. The average molecular weight is 456 g/mol. The lowest BCUT2D eigenvalue weighted by atomic mass is 9.75. The SMILES string of the molecule is Cc1cc(Cl)cc2c1NC(=O)[C@@]21[C@@H]2C(=O)N(c3cccc(Cl)c3)C(=O)[C@H]2[C@@H]2CCCN21. The third-order valence-corrected chi connectivity index (χ3v) is 7.78. The second-order valence-corrected chi connectivity index (χ2v) is 9.64. The Labute approximate surface area is 189 Å². The maximum absolute atomic E-state index is 13.8. The summed E-state index contributed by atoms with van der Waals surface area (Å²) in [5.74, 6) is -2.24. The number of hydrogen-bond donors (Lipinski definition) is 1. The van der Waals surface area contributed by atoms with Gasteiger partial charge >= 0.3 is 0 Å². The molecule has 6 rings (SSSR count). The number of anilines is 2. The van der Waals surface area contributed by atoms with Crippen molar-refractivity contribution in [1.82, 2.24) is 4.90 Å². The van der Waals surface area contributed by atoms with Crippen LogP contribution in [0.3, 0.4) is 0 Å². The first-order valence-corrected chi connectivity index (χ1v) is 11.1. The first-order chi connectivity index (χ1) is 14.9. The monoisotopic (exact) mass is 455 g/mol. The van der Waals surface area contributed by atoms with Crippen molar-refractivity contribution in [2.45, 2.75) is 31.3 Å². The molecule has 0 radical (unpaired) electrons. The van der Waals surface area contributed by atoms with Crippen molar-refractivity contribution < 1.29 is 14.4 Å². The van der Waals surface area contributed by atoms with Gasteiger partial charge < -0.3 is 5.32 Å². The topological polar surface area (TPSA) is 69.7 Å². The molecule has 4 aliphatic rings. The second kappa shape index (κ2) is 6.31. The van der Waals surface area contributed by atoms with Gasteiger partial charge in [-0.25, -0.2) is 4.90 Å². The highest BCUT2D eigenvalue weighted by atomic mass is 35.5.